The van der Waals surface area contributed by atoms with Crippen molar-refractivity contribution in [2.24, 2.45) is 0 Å². The van der Waals surface area contributed by atoms with E-state index in [1.54, 1.807) is 11.8 Å². The minimum absolute atomic E-state index is 0.120. The van der Waals surface area contributed by atoms with E-state index < -0.39 is 17.7 Å². The van der Waals surface area contributed by atoms with E-state index in [1.165, 1.54) is 11.3 Å². The number of aryl methyl sites for hydroxylation is 1. The molecular weight excluding hydrogens is 462 g/mol. The molecule has 35 heavy (non-hydrogen) atoms. The van der Waals surface area contributed by atoms with E-state index in [-0.39, 0.29) is 11.4 Å². The fraction of sp³-hybridized carbons (Fsp3) is 0.296. The molecule has 0 spiro atoms. The smallest absolute Gasteiger partial charge is 0.290 e. The first-order chi connectivity index (χ1) is 17.0. The first-order valence-electron chi connectivity index (χ1n) is 11.7. The number of thiazole rings is 1. The second kappa shape index (κ2) is 10.1. The predicted molar refractivity (Wildman–Crippen MR) is 134 cm³/mol. The van der Waals surface area contributed by atoms with Crippen LogP contribution >= 0.6 is 11.3 Å². The van der Waals surface area contributed by atoms with Crippen molar-refractivity contribution in [2.45, 2.75) is 13.0 Å². The number of carbonyl (C=O) groups is 2. The summed E-state index contributed by atoms with van der Waals surface area (Å²) in [5, 5.41) is 11.7. The molecule has 0 radical (unpaired) electrons. The number of hydrogen-bond donors (Lipinski definition) is 1. The van der Waals surface area contributed by atoms with Crippen LogP contribution in [0.3, 0.4) is 0 Å². The van der Waals surface area contributed by atoms with Gasteiger partial charge in [-0.05, 0) is 12.5 Å². The molecule has 1 amide bonds. The summed E-state index contributed by atoms with van der Waals surface area (Å²) in [5.41, 5.74) is 2.42. The molecular formula is C27H27N3O4S. The number of rotatable bonds is 7. The summed E-state index contributed by atoms with van der Waals surface area (Å²) in [6.45, 7) is 5.76. The number of benzene rings is 2. The fourth-order valence-electron chi connectivity index (χ4n) is 4.61. The zero-order valence-corrected chi connectivity index (χ0v) is 20.3. The van der Waals surface area contributed by atoms with Gasteiger partial charge in [0, 0.05) is 31.7 Å². The van der Waals surface area contributed by atoms with Crippen molar-refractivity contribution in [2.75, 3.05) is 39.4 Å². The molecule has 1 unspecified atom stereocenters. The maximum atomic E-state index is 13.9. The number of amides is 1. The van der Waals surface area contributed by atoms with Gasteiger partial charge < -0.3 is 14.7 Å². The van der Waals surface area contributed by atoms with Crippen LogP contribution in [0.15, 0.2) is 72.0 Å². The van der Waals surface area contributed by atoms with Crippen molar-refractivity contribution in [3.8, 4) is 10.6 Å². The summed E-state index contributed by atoms with van der Waals surface area (Å²) in [7, 11) is 0. The number of aliphatic hydroxyl groups is 1. The molecule has 1 aromatic heterocycles. The molecule has 2 aliphatic rings. The third kappa shape index (κ3) is 4.65. The quantitative estimate of drug-likeness (QED) is 0.505. The van der Waals surface area contributed by atoms with E-state index in [2.05, 4.69) is 9.88 Å². The van der Waals surface area contributed by atoms with Gasteiger partial charge >= 0.3 is 0 Å². The second-order valence-electron chi connectivity index (χ2n) is 8.66. The molecule has 7 nitrogen and oxygen atoms in total. The Morgan fingerprint density at radius 1 is 1.06 bits per heavy atom. The van der Waals surface area contributed by atoms with Crippen molar-refractivity contribution >= 4 is 23.0 Å². The van der Waals surface area contributed by atoms with E-state index in [9.17, 15) is 14.7 Å². The standard InChI is InChI=1S/C27H27N3O4S/c1-18-25(35-26(28-18)20-10-6-3-7-11-20)23(31)21-22(19-8-4-2-5-9-19)30(27(33)24(21)32)13-12-29-14-16-34-17-15-29/h2-11,22,32H,12-17H2,1H3. The average molecular weight is 490 g/mol. The molecule has 8 heteroatoms. The highest BCUT2D eigenvalue weighted by atomic mass is 32.1. The lowest BCUT2D eigenvalue weighted by atomic mass is 9.95. The third-order valence-corrected chi connectivity index (χ3v) is 7.65. The van der Waals surface area contributed by atoms with Crippen LogP contribution in [0.4, 0.5) is 0 Å². The highest BCUT2D eigenvalue weighted by molar-refractivity contribution is 7.17. The average Bonchev–Trinajstić information content (AvgIpc) is 3.41. The maximum absolute atomic E-state index is 13.9. The SMILES string of the molecule is Cc1nc(-c2ccccc2)sc1C(=O)C1=C(O)C(=O)N(CCN2CCOCC2)C1c1ccccc1. The number of aromatic nitrogens is 1. The number of Topliss-reactive ketones (excluding diaryl/α,β-unsaturated/α-hetero) is 1. The summed E-state index contributed by atoms with van der Waals surface area (Å²) >= 11 is 1.29. The normalized spacial score (nSPS) is 18.9. The lowest BCUT2D eigenvalue weighted by Crippen LogP contribution is -2.43. The third-order valence-electron chi connectivity index (χ3n) is 6.45. The van der Waals surface area contributed by atoms with Gasteiger partial charge in [-0.1, -0.05) is 60.7 Å². The minimum atomic E-state index is -0.654. The zero-order chi connectivity index (χ0) is 24.4. The number of ketones is 1. The summed E-state index contributed by atoms with van der Waals surface area (Å²) in [5.74, 6) is -1.34. The van der Waals surface area contributed by atoms with Gasteiger partial charge in [0.1, 0.15) is 5.01 Å². The topological polar surface area (TPSA) is 83.0 Å². The lowest BCUT2D eigenvalue weighted by Gasteiger charge is -2.31. The fourth-order valence-corrected chi connectivity index (χ4v) is 5.63. The van der Waals surface area contributed by atoms with Crippen LogP contribution in [0.25, 0.3) is 10.6 Å². The summed E-state index contributed by atoms with van der Waals surface area (Å²) < 4.78 is 5.42. The maximum Gasteiger partial charge on any atom is 0.290 e. The van der Waals surface area contributed by atoms with Crippen molar-refractivity contribution in [1.82, 2.24) is 14.8 Å². The molecule has 2 aromatic carbocycles. The molecule has 1 saturated heterocycles. The molecule has 2 aliphatic heterocycles. The number of ether oxygens (including phenoxy) is 1. The van der Waals surface area contributed by atoms with Gasteiger partial charge in [-0.25, -0.2) is 4.98 Å². The van der Waals surface area contributed by atoms with Gasteiger partial charge in [0.2, 0.25) is 5.78 Å². The molecule has 5 rings (SSSR count). The summed E-state index contributed by atoms with van der Waals surface area (Å²) in [6, 6.07) is 18.4. The Bertz CT molecular complexity index is 1250. The Hall–Kier alpha value is -3.33. The van der Waals surface area contributed by atoms with E-state index in [0.717, 1.165) is 29.2 Å². The van der Waals surface area contributed by atoms with Gasteiger partial charge in [0.05, 0.1) is 35.4 Å². The van der Waals surface area contributed by atoms with Gasteiger partial charge in [0.15, 0.2) is 5.76 Å². The first kappa shape index (κ1) is 23.4. The van der Waals surface area contributed by atoms with Crippen LogP contribution in [-0.2, 0) is 9.53 Å². The molecule has 1 atom stereocenters. The van der Waals surface area contributed by atoms with Gasteiger partial charge in [-0.2, -0.15) is 0 Å². The van der Waals surface area contributed by atoms with Crippen molar-refractivity contribution in [3.05, 3.63) is 88.1 Å². The number of aliphatic hydroxyl groups excluding tert-OH is 1. The van der Waals surface area contributed by atoms with Crippen LogP contribution in [0.2, 0.25) is 0 Å². The Morgan fingerprint density at radius 2 is 1.71 bits per heavy atom. The Kier molecular flexibility index (Phi) is 6.77. The second-order valence-corrected chi connectivity index (χ2v) is 9.66. The lowest BCUT2D eigenvalue weighted by molar-refractivity contribution is -0.129. The largest absolute Gasteiger partial charge is 0.503 e. The number of morpholine rings is 1. The number of nitrogens with zero attached hydrogens (tertiary/aromatic N) is 3. The van der Waals surface area contributed by atoms with Gasteiger partial charge in [-0.15, -0.1) is 11.3 Å². The van der Waals surface area contributed by atoms with Crippen LogP contribution in [0.5, 0.6) is 0 Å². The molecule has 0 saturated carbocycles. The monoisotopic (exact) mass is 489 g/mol. The van der Waals surface area contributed by atoms with Crippen molar-refractivity contribution < 1.29 is 19.4 Å². The van der Waals surface area contributed by atoms with Gasteiger partial charge in [-0.3, -0.25) is 14.5 Å². The van der Waals surface area contributed by atoms with E-state index in [0.29, 0.717) is 36.9 Å². The number of hydrogen-bond acceptors (Lipinski definition) is 7. The first-order valence-corrected chi connectivity index (χ1v) is 12.5. The molecule has 0 bridgehead atoms. The van der Waals surface area contributed by atoms with Crippen LogP contribution in [0.1, 0.15) is 27.0 Å². The summed E-state index contributed by atoms with van der Waals surface area (Å²) in [4.78, 5) is 36.0. The van der Waals surface area contributed by atoms with E-state index >= 15 is 0 Å². The molecule has 3 aromatic rings. The number of carbonyl (C=O) groups excluding carboxylic acids is 2. The van der Waals surface area contributed by atoms with Crippen LogP contribution < -0.4 is 0 Å². The van der Waals surface area contributed by atoms with E-state index in [1.807, 2.05) is 60.7 Å². The Balaban J connectivity index is 1.48. The van der Waals surface area contributed by atoms with Gasteiger partial charge in [0.25, 0.3) is 5.91 Å². The Labute approximate surface area is 208 Å². The van der Waals surface area contributed by atoms with E-state index in [4.69, 9.17) is 4.74 Å². The van der Waals surface area contributed by atoms with Crippen molar-refractivity contribution in [1.29, 1.82) is 0 Å². The van der Waals surface area contributed by atoms with Crippen LogP contribution in [-0.4, -0.2) is 71.0 Å². The molecule has 1 fully saturated rings. The van der Waals surface area contributed by atoms with Crippen LogP contribution in [0, 0.1) is 6.92 Å². The zero-order valence-electron chi connectivity index (χ0n) is 19.5. The predicted octanol–water partition coefficient (Wildman–Crippen LogP) is 4.03. The molecule has 0 aliphatic carbocycles. The summed E-state index contributed by atoms with van der Waals surface area (Å²) in [6.07, 6.45) is 0. The molecule has 1 N–H and O–H groups in total. The highest BCUT2D eigenvalue weighted by Gasteiger charge is 2.44. The minimum Gasteiger partial charge on any atom is -0.503 e. The highest BCUT2D eigenvalue weighted by Crippen LogP contribution is 2.40. The molecule has 180 valence electrons. The molecule has 3 heterocycles. The van der Waals surface area contributed by atoms with Crippen molar-refractivity contribution in [3.63, 3.8) is 0 Å². The Morgan fingerprint density at radius 3 is 2.40 bits per heavy atom.